The summed E-state index contributed by atoms with van der Waals surface area (Å²) in [5, 5.41) is 15.3. The van der Waals surface area contributed by atoms with Gasteiger partial charge in [0.15, 0.2) is 5.82 Å². The Morgan fingerprint density at radius 2 is 1.90 bits per heavy atom. The van der Waals surface area contributed by atoms with Gasteiger partial charge in [0.05, 0.1) is 4.92 Å². The van der Waals surface area contributed by atoms with Gasteiger partial charge in [-0.05, 0) is 24.3 Å². The molecule has 0 aliphatic rings. The maximum absolute atomic E-state index is 12.7. The van der Waals surface area contributed by atoms with E-state index < -0.39 is 4.92 Å². The summed E-state index contributed by atoms with van der Waals surface area (Å²) in [5.74, 6) is 1.41. The number of rotatable bonds is 4. The van der Waals surface area contributed by atoms with Crippen molar-refractivity contribution in [1.29, 1.82) is 0 Å². The molecular formula is C21H11BrN4O4S. The van der Waals surface area contributed by atoms with Gasteiger partial charge in [0.1, 0.15) is 16.1 Å². The Balaban J connectivity index is 1.49. The molecule has 0 amide bonds. The molecule has 0 bridgehead atoms. The zero-order valence-corrected chi connectivity index (χ0v) is 18.0. The van der Waals surface area contributed by atoms with Crippen molar-refractivity contribution in [2.24, 2.45) is 0 Å². The largest absolute Gasteiger partial charge is 0.457 e. The molecule has 0 saturated heterocycles. The molecule has 3 heterocycles. The maximum atomic E-state index is 12.7. The number of non-ortho nitro benzene ring substituents is 1. The van der Waals surface area contributed by atoms with Crippen LogP contribution in [-0.4, -0.2) is 19.5 Å². The minimum atomic E-state index is -0.458. The fraction of sp³-hybridized carbons (Fsp3) is 0. The molecule has 0 unspecified atom stereocenters. The second-order valence-corrected chi connectivity index (χ2v) is 8.49. The van der Waals surface area contributed by atoms with Gasteiger partial charge in [-0.3, -0.25) is 14.9 Å². The number of nitro groups is 1. The molecule has 152 valence electrons. The van der Waals surface area contributed by atoms with E-state index in [-0.39, 0.29) is 11.2 Å². The number of fused-ring (bicyclic) bond motifs is 1. The normalized spacial score (nSPS) is 12.0. The molecule has 0 radical (unpaired) electrons. The molecule has 8 nitrogen and oxygen atoms in total. The van der Waals surface area contributed by atoms with Crippen LogP contribution in [0.3, 0.4) is 0 Å². The van der Waals surface area contributed by atoms with E-state index in [0.717, 1.165) is 10.0 Å². The molecule has 2 aromatic carbocycles. The van der Waals surface area contributed by atoms with Gasteiger partial charge in [-0.15, -0.1) is 5.10 Å². The third kappa shape index (κ3) is 3.66. The van der Waals surface area contributed by atoms with Crippen LogP contribution in [0.5, 0.6) is 0 Å². The SMILES string of the molecule is O=c1c(=Cc2ccc(-c3cccc([N+](=O)[O-])c3)o2)sc2nc(-c3ccc(Br)cc3)nn12. The summed E-state index contributed by atoms with van der Waals surface area (Å²) in [5.41, 5.74) is 1.09. The van der Waals surface area contributed by atoms with Crippen LogP contribution in [0.2, 0.25) is 0 Å². The highest BCUT2D eigenvalue weighted by atomic mass is 79.9. The number of nitro benzene ring substituents is 1. The summed E-state index contributed by atoms with van der Waals surface area (Å²) in [6.07, 6.45) is 1.61. The van der Waals surface area contributed by atoms with Gasteiger partial charge in [-0.2, -0.15) is 9.50 Å². The lowest BCUT2D eigenvalue weighted by Crippen LogP contribution is -2.23. The van der Waals surface area contributed by atoms with Crippen molar-refractivity contribution in [3.63, 3.8) is 0 Å². The molecule has 0 spiro atoms. The highest BCUT2D eigenvalue weighted by Gasteiger charge is 2.13. The van der Waals surface area contributed by atoms with Gasteiger partial charge in [0, 0.05) is 33.8 Å². The van der Waals surface area contributed by atoms with E-state index in [1.807, 2.05) is 24.3 Å². The van der Waals surface area contributed by atoms with Crippen molar-refractivity contribution in [3.8, 4) is 22.7 Å². The van der Waals surface area contributed by atoms with Gasteiger partial charge >= 0.3 is 0 Å². The van der Waals surface area contributed by atoms with E-state index >= 15 is 0 Å². The number of benzene rings is 2. The van der Waals surface area contributed by atoms with Crippen molar-refractivity contribution in [2.45, 2.75) is 0 Å². The molecule has 0 atom stereocenters. The molecule has 0 fully saturated rings. The smallest absolute Gasteiger partial charge is 0.291 e. The lowest BCUT2D eigenvalue weighted by molar-refractivity contribution is -0.384. The maximum Gasteiger partial charge on any atom is 0.291 e. The highest BCUT2D eigenvalue weighted by Crippen LogP contribution is 2.26. The van der Waals surface area contributed by atoms with Crippen molar-refractivity contribution in [2.75, 3.05) is 0 Å². The van der Waals surface area contributed by atoms with Crippen LogP contribution in [0.15, 0.2) is 74.3 Å². The van der Waals surface area contributed by atoms with E-state index in [0.29, 0.717) is 32.4 Å². The van der Waals surface area contributed by atoms with Gasteiger partial charge in [0.25, 0.3) is 11.2 Å². The third-order valence-corrected chi connectivity index (χ3v) is 6.01. The Morgan fingerprint density at radius 1 is 1.10 bits per heavy atom. The Bertz CT molecular complexity index is 1550. The van der Waals surface area contributed by atoms with Gasteiger partial charge < -0.3 is 4.42 Å². The molecule has 0 N–H and O–H groups in total. The lowest BCUT2D eigenvalue weighted by Gasteiger charge is -1.96. The first-order valence-corrected chi connectivity index (χ1v) is 10.6. The summed E-state index contributed by atoms with van der Waals surface area (Å²) in [7, 11) is 0. The molecule has 0 aliphatic carbocycles. The van der Waals surface area contributed by atoms with Crippen molar-refractivity contribution in [1.82, 2.24) is 14.6 Å². The quantitative estimate of drug-likeness (QED) is 0.272. The number of hydrogen-bond donors (Lipinski definition) is 0. The first-order valence-electron chi connectivity index (χ1n) is 9.00. The number of aromatic nitrogens is 3. The van der Waals surface area contributed by atoms with E-state index in [4.69, 9.17) is 4.42 Å². The first-order chi connectivity index (χ1) is 15.0. The molecule has 5 aromatic rings. The zero-order chi connectivity index (χ0) is 21.5. The van der Waals surface area contributed by atoms with Gasteiger partial charge in [-0.25, -0.2) is 0 Å². The van der Waals surface area contributed by atoms with Gasteiger partial charge in [0.2, 0.25) is 4.96 Å². The number of halogens is 1. The standard InChI is InChI=1S/C21H11BrN4O4S/c22-14-6-4-12(5-7-14)19-23-21-25(24-19)20(27)18(31-21)11-16-8-9-17(30-16)13-2-1-3-15(10-13)26(28)29/h1-11H. The predicted octanol–water partition coefficient (Wildman–Crippen LogP) is 4.30. The second-order valence-electron chi connectivity index (χ2n) is 6.56. The fourth-order valence-corrected chi connectivity index (χ4v) is 4.19. The Labute approximate surface area is 186 Å². The number of hydrogen-bond acceptors (Lipinski definition) is 7. The minimum Gasteiger partial charge on any atom is -0.457 e. The molecule has 31 heavy (non-hydrogen) atoms. The van der Waals surface area contributed by atoms with Gasteiger partial charge in [-0.1, -0.05) is 51.5 Å². The fourth-order valence-electron chi connectivity index (χ4n) is 3.04. The number of nitrogens with zero attached hydrogens (tertiary/aromatic N) is 4. The molecule has 0 saturated carbocycles. The van der Waals surface area contributed by atoms with Crippen LogP contribution in [-0.2, 0) is 0 Å². The Morgan fingerprint density at radius 3 is 2.65 bits per heavy atom. The van der Waals surface area contributed by atoms with E-state index in [2.05, 4.69) is 26.0 Å². The number of furan rings is 1. The van der Waals surface area contributed by atoms with Crippen LogP contribution in [0.1, 0.15) is 5.76 Å². The molecule has 10 heteroatoms. The van der Waals surface area contributed by atoms with E-state index in [1.54, 1.807) is 30.3 Å². The van der Waals surface area contributed by atoms with Crippen molar-refractivity contribution >= 4 is 44.0 Å². The van der Waals surface area contributed by atoms with Crippen LogP contribution in [0.4, 0.5) is 5.69 Å². The number of thiazole rings is 1. The molecule has 0 aliphatic heterocycles. The Kier molecular flexibility index (Phi) is 4.72. The highest BCUT2D eigenvalue weighted by molar-refractivity contribution is 9.10. The monoisotopic (exact) mass is 494 g/mol. The lowest BCUT2D eigenvalue weighted by atomic mass is 10.1. The first kappa shape index (κ1) is 19.3. The Hall–Kier alpha value is -3.63. The second kappa shape index (κ2) is 7.56. The predicted molar refractivity (Wildman–Crippen MR) is 120 cm³/mol. The summed E-state index contributed by atoms with van der Waals surface area (Å²) < 4.78 is 8.43. The van der Waals surface area contributed by atoms with Crippen LogP contribution >= 0.6 is 27.3 Å². The summed E-state index contributed by atoms with van der Waals surface area (Å²) in [6.45, 7) is 0. The molecular weight excluding hydrogens is 484 g/mol. The summed E-state index contributed by atoms with van der Waals surface area (Å²) in [6, 6.07) is 17.1. The summed E-state index contributed by atoms with van der Waals surface area (Å²) >= 11 is 4.60. The minimum absolute atomic E-state index is 0.0200. The van der Waals surface area contributed by atoms with Crippen LogP contribution in [0, 0.1) is 10.1 Å². The van der Waals surface area contributed by atoms with E-state index in [9.17, 15) is 14.9 Å². The zero-order valence-electron chi connectivity index (χ0n) is 15.6. The van der Waals surface area contributed by atoms with E-state index in [1.165, 1.54) is 28.0 Å². The van der Waals surface area contributed by atoms with Crippen LogP contribution in [0.25, 0.3) is 33.7 Å². The topological polar surface area (TPSA) is 104 Å². The third-order valence-electron chi connectivity index (χ3n) is 4.53. The van der Waals surface area contributed by atoms with Crippen molar-refractivity contribution < 1.29 is 9.34 Å². The average molecular weight is 495 g/mol. The van der Waals surface area contributed by atoms with Crippen LogP contribution < -0.4 is 10.1 Å². The molecule has 3 aromatic heterocycles. The van der Waals surface area contributed by atoms with Crippen molar-refractivity contribution in [3.05, 3.63) is 95.9 Å². The molecule has 5 rings (SSSR count). The summed E-state index contributed by atoms with van der Waals surface area (Å²) in [4.78, 5) is 28.2. The average Bonchev–Trinajstić information content (AvgIpc) is 3.47.